The Bertz CT molecular complexity index is 1220. The SMILES string of the molecule is Cc1ccc(-c2c(NS(=O)(=O)c3ccccc3)cc3cccccc2-3)cc1Cl. The van der Waals surface area contributed by atoms with Crippen molar-refractivity contribution in [3.8, 4) is 22.3 Å². The fourth-order valence-corrected chi connectivity index (χ4v) is 4.49. The van der Waals surface area contributed by atoms with E-state index in [0.717, 1.165) is 27.8 Å². The molecule has 0 saturated carbocycles. The second-order valence-corrected chi connectivity index (χ2v) is 8.68. The molecular weight excluding hydrogens is 390 g/mol. The Morgan fingerprint density at radius 1 is 0.786 bits per heavy atom. The summed E-state index contributed by atoms with van der Waals surface area (Å²) in [5.74, 6) is 0. The third kappa shape index (κ3) is 3.49. The van der Waals surface area contributed by atoms with E-state index < -0.39 is 10.0 Å². The molecule has 2 aromatic carbocycles. The van der Waals surface area contributed by atoms with E-state index in [1.165, 1.54) is 0 Å². The summed E-state index contributed by atoms with van der Waals surface area (Å²) in [7, 11) is -3.71. The van der Waals surface area contributed by atoms with E-state index in [-0.39, 0.29) is 4.90 Å². The molecule has 0 bridgehead atoms. The molecular formula is C23H18ClNO2S. The molecule has 0 aromatic heterocycles. The maximum absolute atomic E-state index is 12.9. The maximum Gasteiger partial charge on any atom is 0.261 e. The van der Waals surface area contributed by atoms with Crippen molar-refractivity contribution >= 4 is 27.3 Å². The molecule has 140 valence electrons. The molecule has 2 aliphatic rings. The number of hydrogen-bond acceptors (Lipinski definition) is 2. The number of halogens is 1. The summed E-state index contributed by atoms with van der Waals surface area (Å²) < 4.78 is 28.6. The highest BCUT2D eigenvalue weighted by atomic mass is 35.5. The van der Waals surface area contributed by atoms with E-state index >= 15 is 0 Å². The third-order valence-corrected chi connectivity index (χ3v) is 6.46. The molecule has 4 rings (SSSR count). The monoisotopic (exact) mass is 407 g/mol. The van der Waals surface area contributed by atoms with Crippen LogP contribution in [0, 0.1) is 6.92 Å². The summed E-state index contributed by atoms with van der Waals surface area (Å²) in [5, 5.41) is 0.643. The molecule has 3 nitrogen and oxygen atoms in total. The van der Waals surface area contributed by atoms with Crippen LogP contribution in [0.5, 0.6) is 0 Å². The summed E-state index contributed by atoms with van der Waals surface area (Å²) in [6, 6.07) is 25.8. The van der Waals surface area contributed by atoms with Gasteiger partial charge in [-0.1, -0.05) is 72.3 Å². The number of nitrogens with one attached hydrogen (secondary N) is 1. The van der Waals surface area contributed by atoms with E-state index in [1.54, 1.807) is 30.3 Å². The number of hydrogen-bond donors (Lipinski definition) is 1. The highest BCUT2D eigenvalue weighted by Crippen LogP contribution is 2.43. The minimum atomic E-state index is -3.71. The predicted octanol–water partition coefficient (Wildman–Crippen LogP) is 6.22. The highest BCUT2D eigenvalue weighted by Gasteiger charge is 2.22. The van der Waals surface area contributed by atoms with Crippen LogP contribution in [0.1, 0.15) is 5.56 Å². The zero-order valence-electron chi connectivity index (χ0n) is 15.2. The van der Waals surface area contributed by atoms with Crippen molar-refractivity contribution in [2.45, 2.75) is 11.8 Å². The van der Waals surface area contributed by atoms with Crippen molar-refractivity contribution in [1.29, 1.82) is 0 Å². The average molecular weight is 408 g/mol. The van der Waals surface area contributed by atoms with Gasteiger partial charge in [0.25, 0.3) is 10.0 Å². The van der Waals surface area contributed by atoms with Gasteiger partial charge in [0.1, 0.15) is 0 Å². The third-order valence-electron chi connectivity index (χ3n) is 4.67. The Balaban J connectivity index is 1.91. The van der Waals surface area contributed by atoms with E-state index in [9.17, 15) is 8.42 Å². The minimum Gasteiger partial charge on any atom is -0.279 e. The molecule has 0 spiro atoms. The summed E-state index contributed by atoms with van der Waals surface area (Å²) in [6.07, 6.45) is 0. The van der Waals surface area contributed by atoms with Crippen LogP contribution in [0.2, 0.25) is 5.02 Å². The summed E-state index contributed by atoms with van der Waals surface area (Å²) in [6.45, 7) is 1.94. The van der Waals surface area contributed by atoms with E-state index in [1.807, 2.05) is 61.5 Å². The van der Waals surface area contributed by atoms with Gasteiger partial charge in [-0.05, 0) is 53.4 Å². The fraction of sp³-hybridized carbons (Fsp3) is 0.0435. The summed E-state index contributed by atoms with van der Waals surface area (Å²) in [5.41, 5.74) is 5.08. The average Bonchev–Trinajstić information content (AvgIpc) is 2.85. The Morgan fingerprint density at radius 3 is 2.18 bits per heavy atom. The first-order valence-electron chi connectivity index (χ1n) is 8.82. The summed E-state index contributed by atoms with van der Waals surface area (Å²) >= 11 is 6.35. The topological polar surface area (TPSA) is 46.2 Å². The molecule has 28 heavy (non-hydrogen) atoms. The number of anilines is 1. The Kier molecular flexibility index (Phi) is 4.84. The lowest BCUT2D eigenvalue weighted by molar-refractivity contribution is 0.601. The van der Waals surface area contributed by atoms with Crippen molar-refractivity contribution in [2.24, 2.45) is 0 Å². The molecule has 0 unspecified atom stereocenters. The first kappa shape index (κ1) is 18.5. The quantitative estimate of drug-likeness (QED) is 0.436. The van der Waals surface area contributed by atoms with Gasteiger partial charge in [0.2, 0.25) is 0 Å². The fourth-order valence-electron chi connectivity index (χ4n) is 3.23. The molecule has 0 atom stereocenters. The largest absolute Gasteiger partial charge is 0.279 e. The Morgan fingerprint density at radius 2 is 1.46 bits per heavy atom. The van der Waals surface area contributed by atoms with Crippen LogP contribution >= 0.6 is 11.6 Å². The Labute approximate surface area is 170 Å². The molecule has 0 fully saturated rings. The Hall–Kier alpha value is -2.82. The minimum absolute atomic E-state index is 0.221. The number of benzene rings is 2. The second-order valence-electron chi connectivity index (χ2n) is 6.60. The lowest BCUT2D eigenvalue weighted by Crippen LogP contribution is -2.12. The number of aryl methyl sites for hydroxylation is 1. The van der Waals surface area contributed by atoms with Crippen LogP contribution in [0.15, 0.2) is 89.8 Å². The zero-order valence-corrected chi connectivity index (χ0v) is 16.8. The van der Waals surface area contributed by atoms with Gasteiger partial charge < -0.3 is 0 Å². The van der Waals surface area contributed by atoms with Crippen molar-refractivity contribution in [1.82, 2.24) is 0 Å². The van der Waals surface area contributed by atoms with Crippen LogP contribution in [0.4, 0.5) is 5.69 Å². The molecule has 0 amide bonds. The van der Waals surface area contributed by atoms with Crippen LogP contribution in [-0.4, -0.2) is 8.42 Å². The first-order valence-corrected chi connectivity index (χ1v) is 10.7. The lowest BCUT2D eigenvalue weighted by Gasteiger charge is -2.11. The highest BCUT2D eigenvalue weighted by molar-refractivity contribution is 7.92. The van der Waals surface area contributed by atoms with E-state index in [4.69, 9.17) is 11.6 Å². The number of rotatable bonds is 4. The molecule has 5 heteroatoms. The smallest absolute Gasteiger partial charge is 0.261 e. The van der Waals surface area contributed by atoms with Crippen LogP contribution < -0.4 is 4.72 Å². The molecule has 0 radical (unpaired) electrons. The van der Waals surface area contributed by atoms with Gasteiger partial charge in [0.15, 0.2) is 0 Å². The number of fused-ring (bicyclic) bond motifs is 1. The molecule has 1 N–H and O–H groups in total. The standard InChI is InChI=1S/C23H18ClNO2S/c1-16-12-13-18(14-21(16)24)23-20-11-7-2-4-8-17(20)15-22(23)25-28(26,27)19-9-5-3-6-10-19/h2-15,25H,1H3. The van der Waals surface area contributed by atoms with Gasteiger partial charge >= 0.3 is 0 Å². The van der Waals surface area contributed by atoms with Gasteiger partial charge in [0.05, 0.1) is 10.6 Å². The van der Waals surface area contributed by atoms with Crippen LogP contribution in [0.3, 0.4) is 0 Å². The van der Waals surface area contributed by atoms with Gasteiger partial charge in [-0.3, -0.25) is 4.72 Å². The summed E-state index contributed by atoms with van der Waals surface area (Å²) in [4.78, 5) is 0.221. The van der Waals surface area contributed by atoms with Crippen molar-refractivity contribution in [3.05, 3.63) is 95.5 Å². The van der Waals surface area contributed by atoms with Gasteiger partial charge in [-0.25, -0.2) is 8.42 Å². The van der Waals surface area contributed by atoms with Crippen molar-refractivity contribution in [2.75, 3.05) is 4.72 Å². The van der Waals surface area contributed by atoms with Crippen LogP contribution in [0.25, 0.3) is 22.3 Å². The van der Waals surface area contributed by atoms with Gasteiger partial charge in [0, 0.05) is 10.6 Å². The first-order chi connectivity index (χ1) is 13.5. The second kappa shape index (κ2) is 7.30. The molecule has 2 aromatic rings. The van der Waals surface area contributed by atoms with E-state index in [0.29, 0.717) is 10.7 Å². The van der Waals surface area contributed by atoms with Gasteiger partial charge in [-0.2, -0.15) is 0 Å². The van der Waals surface area contributed by atoms with Crippen molar-refractivity contribution in [3.63, 3.8) is 0 Å². The van der Waals surface area contributed by atoms with Crippen molar-refractivity contribution < 1.29 is 8.42 Å². The zero-order chi connectivity index (χ0) is 19.7. The maximum atomic E-state index is 12.9. The van der Waals surface area contributed by atoms with Gasteiger partial charge in [-0.15, -0.1) is 0 Å². The lowest BCUT2D eigenvalue weighted by atomic mass is 10.0. The molecule has 0 saturated heterocycles. The predicted molar refractivity (Wildman–Crippen MR) is 115 cm³/mol. The van der Waals surface area contributed by atoms with Crippen LogP contribution in [-0.2, 0) is 10.0 Å². The molecule has 2 aliphatic carbocycles. The number of sulfonamides is 1. The molecule has 0 heterocycles. The normalized spacial score (nSPS) is 11.5. The molecule has 0 aliphatic heterocycles. The van der Waals surface area contributed by atoms with E-state index in [2.05, 4.69) is 4.72 Å².